The van der Waals surface area contributed by atoms with Crippen LogP contribution in [0.5, 0.6) is 0 Å². The van der Waals surface area contributed by atoms with Crippen molar-refractivity contribution in [2.75, 3.05) is 33.0 Å². The van der Waals surface area contributed by atoms with Crippen molar-refractivity contribution in [2.45, 2.75) is 38.3 Å². The average Bonchev–Trinajstić information content (AvgIpc) is 3.04. The molecule has 1 aromatic rings. The molecule has 1 aromatic carbocycles. The van der Waals surface area contributed by atoms with Crippen LogP contribution in [0.3, 0.4) is 0 Å². The van der Waals surface area contributed by atoms with Gasteiger partial charge in [-0.15, -0.1) is 0 Å². The Bertz CT molecular complexity index is 564. The van der Waals surface area contributed by atoms with Gasteiger partial charge in [-0.25, -0.2) is 0 Å². The molecule has 24 heavy (non-hydrogen) atoms. The van der Waals surface area contributed by atoms with E-state index in [1.165, 1.54) is 25.7 Å². The quantitative estimate of drug-likeness (QED) is 0.549. The number of aliphatic imine (C=N–C) groups is 1. The summed E-state index contributed by atoms with van der Waals surface area (Å²) in [6.07, 6.45) is 5.02. The maximum absolute atomic E-state index is 11.8. The zero-order valence-electron chi connectivity index (χ0n) is 14.9. The van der Waals surface area contributed by atoms with Gasteiger partial charge in [-0.1, -0.05) is 25.0 Å². The van der Waals surface area contributed by atoms with Gasteiger partial charge in [0, 0.05) is 25.3 Å². The van der Waals surface area contributed by atoms with Crippen LogP contribution >= 0.6 is 0 Å². The van der Waals surface area contributed by atoms with Gasteiger partial charge in [0.1, 0.15) is 0 Å². The van der Waals surface area contributed by atoms with Crippen molar-refractivity contribution >= 4 is 17.6 Å². The monoisotopic (exact) mass is 331 g/mol. The first kappa shape index (κ1) is 18.3. The van der Waals surface area contributed by atoms with Crippen molar-refractivity contribution in [3.05, 3.63) is 29.8 Å². The second-order valence-electron chi connectivity index (χ2n) is 6.54. The van der Waals surface area contributed by atoms with Gasteiger partial charge in [-0.05, 0) is 44.6 Å². The van der Waals surface area contributed by atoms with E-state index in [0.29, 0.717) is 19.1 Å². The third kappa shape index (κ3) is 6.20. The predicted octanol–water partition coefficient (Wildman–Crippen LogP) is 1.79. The summed E-state index contributed by atoms with van der Waals surface area (Å²) in [5.74, 6) is 0.827. The molecule has 1 fully saturated rings. The molecule has 0 atom stereocenters. The fraction of sp³-hybridized carbons (Fsp3) is 0.556. The molecule has 1 amide bonds. The number of hydrogen-bond donors (Lipinski definition) is 3. The summed E-state index contributed by atoms with van der Waals surface area (Å²) in [7, 11) is 5.55. The smallest absolute Gasteiger partial charge is 0.238 e. The fourth-order valence-electron chi connectivity index (χ4n) is 2.89. The molecule has 0 bridgehead atoms. The lowest BCUT2D eigenvalue weighted by Gasteiger charge is -2.17. The van der Waals surface area contributed by atoms with Crippen LogP contribution in [0.1, 0.15) is 31.2 Å². The molecule has 0 saturated heterocycles. The van der Waals surface area contributed by atoms with Crippen molar-refractivity contribution in [3.63, 3.8) is 0 Å². The van der Waals surface area contributed by atoms with Crippen molar-refractivity contribution < 1.29 is 4.79 Å². The largest absolute Gasteiger partial charge is 0.354 e. The number of benzene rings is 1. The molecule has 0 aromatic heterocycles. The minimum Gasteiger partial charge on any atom is -0.354 e. The van der Waals surface area contributed by atoms with Crippen LogP contribution in [0, 0.1) is 0 Å². The lowest BCUT2D eigenvalue weighted by atomic mass is 10.2. The molecule has 0 spiro atoms. The SMILES string of the molecule is CN=C(NCc1cccc(NC(=O)CN(C)C)c1)NC1CCCC1. The molecule has 1 saturated carbocycles. The van der Waals surface area contributed by atoms with E-state index < -0.39 is 0 Å². The normalized spacial score (nSPS) is 15.6. The van der Waals surface area contributed by atoms with E-state index in [-0.39, 0.29) is 5.91 Å². The number of guanidine groups is 1. The Morgan fingerprint density at radius 3 is 2.71 bits per heavy atom. The van der Waals surface area contributed by atoms with Crippen molar-refractivity contribution in [3.8, 4) is 0 Å². The van der Waals surface area contributed by atoms with Gasteiger partial charge in [0.05, 0.1) is 6.54 Å². The van der Waals surface area contributed by atoms with E-state index in [1.54, 1.807) is 7.05 Å². The summed E-state index contributed by atoms with van der Waals surface area (Å²) in [5, 5.41) is 9.73. The van der Waals surface area contributed by atoms with Crippen LogP contribution < -0.4 is 16.0 Å². The Morgan fingerprint density at radius 2 is 2.04 bits per heavy atom. The highest BCUT2D eigenvalue weighted by molar-refractivity contribution is 5.92. The third-order valence-electron chi connectivity index (χ3n) is 4.05. The lowest BCUT2D eigenvalue weighted by Crippen LogP contribution is -2.41. The third-order valence-corrected chi connectivity index (χ3v) is 4.05. The molecule has 6 nitrogen and oxygen atoms in total. The van der Waals surface area contributed by atoms with E-state index in [0.717, 1.165) is 17.2 Å². The molecular weight excluding hydrogens is 302 g/mol. The topological polar surface area (TPSA) is 68.8 Å². The second kappa shape index (κ2) is 9.27. The molecule has 1 aliphatic rings. The zero-order valence-corrected chi connectivity index (χ0v) is 14.9. The molecule has 0 radical (unpaired) electrons. The summed E-state index contributed by atoms with van der Waals surface area (Å²) in [6, 6.07) is 8.42. The molecule has 0 aliphatic heterocycles. The van der Waals surface area contributed by atoms with Crippen LogP contribution in [0.2, 0.25) is 0 Å². The van der Waals surface area contributed by atoms with Gasteiger partial charge in [0.25, 0.3) is 0 Å². The van der Waals surface area contributed by atoms with Crippen LogP contribution in [0.4, 0.5) is 5.69 Å². The second-order valence-corrected chi connectivity index (χ2v) is 6.54. The van der Waals surface area contributed by atoms with Crippen LogP contribution in [-0.4, -0.2) is 50.5 Å². The van der Waals surface area contributed by atoms with Gasteiger partial charge in [0.15, 0.2) is 5.96 Å². The Hall–Kier alpha value is -2.08. The molecule has 1 aliphatic carbocycles. The molecular formula is C18H29N5O. The Kier molecular flexibility index (Phi) is 7.06. The van der Waals surface area contributed by atoms with Gasteiger partial charge >= 0.3 is 0 Å². The number of nitrogens with one attached hydrogen (secondary N) is 3. The Morgan fingerprint density at radius 1 is 1.29 bits per heavy atom. The van der Waals surface area contributed by atoms with Crippen molar-refractivity contribution in [2.24, 2.45) is 4.99 Å². The molecule has 2 rings (SSSR count). The molecule has 132 valence electrons. The number of anilines is 1. The van der Waals surface area contributed by atoms with Gasteiger partial charge in [-0.3, -0.25) is 9.79 Å². The summed E-state index contributed by atoms with van der Waals surface area (Å²) < 4.78 is 0. The van der Waals surface area contributed by atoms with Gasteiger partial charge in [-0.2, -0.15) is 0 Å². The first-order chi connectivity index (χ1) is 11.6. The number of carbonyl (C=O) groups is 1. The number of rotatable bonds is 6. The standard InChI is InChI=1S/C18H29N5O/c1-19-18(22-15-8-4-5-9-15)20-12-14-7-6-10-16(11-14)21-17(24)13-23(2)3/h6-7,10-11,15H,4-5,8-9,12-13H2,1-3H3,(H,21,24)(H2,19,20,22). The summed E-state index contributed by atoms with van der Waals surface area (Å²) in [6.45, 7) is 1.05. The average molecular weight is 331 g/mol. The van der Waals surface area contributed by atoms with Crippen LogP contribution in [-0.2, 0) is 11.3 Å². The number of likely N-dealkylation sites (N-methyl/N-ethyl adjacent to an activating group) is 1. The number of nitrogens with zero attached hydrogens (tertiary/aromatic N) is 2. The minimum absolute atomic E-state index is 0.0104. The van der Waals surface area contributed by atoms with Crippen molar-refractivity contribution in [1.29, 1.82) is 0 Å². The summed E-state index contributed by atoms with van der Waals surface area (Å²) in [4.78, 5) is 18.0. The van der Waals surface area contributed by atoms with Gasteiger partial charge in [0.2, 0.25) is 5.91 Å². The van der Waals surface area contributed by atoms with E-state index in [4.69, 9.17) is 0 Å². The highest BCUT2D eigenvalue weighted by Gasteiger charge is 2.15. The molecule has 0 unspecified atom stereocenters. The first-order valence-electron chi connectivity index (χ1n) is 8.57. The fourth-order valence-corrected chi connectivity index (χ4v) is 2.89. The van der Waals surface area contributed by atoms with E-state index in [9.17, 15) is 4.79 Å². The maximum atomic E-state index is 11.8. The van der Waals surface area contributed by atoms with Crippen LogP contribution in [0.15, 0.2) is 29.3 Å². The zero-order chi connectivity index (χ0) is 17.4. The summed E-state index contributed by atoms with van der Waals surface area (Å²) >= 11 is 0. The summed E-state index contributed by atoms with van der Waals surface area (Å²) in [5.41, 5.74) is 1.92. The van der Waals surface area contributed by atoms with Gasteiger partial charge < -0.3 is 20.9 Å². The van der Waals surface area contributed by atoms with E-state index >= 15 is 0 Å². The number of carbonyl (C=O) groups excluding carboxylic acids is 1. The number of amides is 1. The lowest BCUT2D eigenvalue weighted by molar-refractivity contribution is -0.116. The highest BCUT2D eigenvalue weighted by Crippen LogP contribution is 2.17. The maximum Gasteiger partial charge on any atom is 0.238 e. The van der Waals surface area contributed by atoms with E-state index in [1.807, 2.05) is 43.3 Å². The Labute approximate surface area is 144 Å². The highest BCUT2D eigenvalue weighted by atomic mass is 16.2. The number of hydrogen-bond acceptors (Lipinski definition) is 3. The molecule has 3 N–H and O–H groups in total. The van der Waals surface area contributed by atoms with E-state index in [2.05, 4.69) is 20.9 Å². The minimum atomic E-state index is -0.0104. The van der Waals surface area contributed by atoms with Crippen LogP contribution in [0.25, 0.3) is 0 Å². The first-order valence-corrected chi connectivity index (χ1v) is 8.57. The Balaban J connectivity index is 1.85. The predicted molar refractivity (Wildman–Crippen MR) is 99.2 cm³/mol. The molecule has 0 heterocycles. The van der Waals surface area contributed by atoms with Crippen molar-refractivity contribution in [1.82, 2.24) is 15.5 Å². The molecule has 6 heteroatoms.